The summed E-state index contributed by atoms with van der Waals surface area (Å²) < 4.78 is 32.5. The molecule has 0 amide bonds. The number of nitrogens with one attached hydrogen (secondary N) is 1. The molecular weight excluding hydrogens is 534 g/mol. The van der Waals surface area contributed by atoms with Crippen molar-refractivity contribution in [2.24, 2.45) is 4.99 Å². The minimum Gasteiger partial charge on any atom is -0.491 e. The zero-order chi connectivity index (χ0) is 29.3. The fraction of sp³-hybridized carbons (Fsp3) is 0.469. The third-order valence-electron chi connectivity index (χ3n) is 7.82. The number of likely N-dealkylation sites (N-methyl/N-ethyl adjacent to an activating group) is 1. The highest BCUT2D eigenvalue weighted by atomic mass is 32.2. The van der Waals surface area contributed by atoms with E-state index < -0.39 is 15.1 Å². The van der Waals surface area contributed by atoms with Crippen LogP contribution in [-0.2, 0) is 22.8 Å². The molecule has 1 fully saturated rings. The SMILES string of the molecule is Cc1cc(Cc2nc3c(c(Nc4ccccc4S(=O)(=O)C(C)C)n2)C=NC3)c(OC(C)C)cc1C1CCCN(C)C1. The molecule has 2 aromatic carbocycles. The summed E-state index contributed by atoms with van der Waals surface area (Å²) in [5, 5.41) is 2.77. The maximum atomic E-state index is 13.1. The average molecular weight is 576 g/mol. The van der Waals surface area contributed by atoms with E-state index in [2.05, 4.69) is 41.3 Å². The van der Waals surface area contributed by atoms with Gasteiger partial charge in [-0.15, -0.1) is 0 Å². The average Bonchev–Trinajstić information content (AvgIpc) is 3.39. The lowest BCUT2D eigenvalue weighted by molar-refractivity contribution is 0.236. The van der Waals surface area contributed by atoms with Gasteiger partial charge >= 0.3 is 0 Å². The third-order valence-corrected chi connectivity index (χ3v) is 10.0. The molecule has 0 radical (unpaired) electrons. The van der Waals surface area contributed by atoms with Crippen LogP contribution < -0.4 is 10.1 Å². The van der Waals surface area contributed by atoms with E-state index >= 15 is 0 Å². The molecule has 3 aromatic rings. The Morgan fingerprint density at radius 3 is 2.63 bits per heavy atom. The number of ether oxygens (including phenoxy) is 1. The second-order valence-corrected chi connectivity index (χ2v) is 14.3. The van der Waals surface area contributed by atoms with Gasteiger partial charge in [0.2, 0.25) is 0 Å². The number of hydrogen-bond acceptors (Lipinski definition) is 8. The summed E-state index contributed by atoms with van der Waals surface area (Å²) in [6.07, 6.45) is 4.66. The van der Waals surface area contributed by atoms with E-state index in [0.29, 0.717) is 36.2 Å². The predicted molar refractivity (Wildman–Crippen MR) is 165 cm³/mol. The van der Waals surface area contributed by atoms with Gasteiger partial charge in [0, 0.05) is 24.7 Å². The number of fused-ring (bicyclic) bond motifs is 1. The molecule has 5 rings (SSSR count). The summed E-state index contributed by atoms with van der Waals surface area (Å²) in [6.45, 7) is 12.3. The van der Waals surface area contributed by atoms with E-state index in [-0.39, 0.29) is 11.0 Å². The van der Waals surface area contributed by atoms with Crippen LogP contribution in [-0.4, -0.2) is 61.0 Å². The zero-order valence-corrected chi connectivity index (χ0v) is 25.8. The Kier molecular flexibility index (Phi) is 8.47. The van der Waals surface area contributed by atoms with Crippen molar-refractivity contribution in [2.45, 2.75) is 82.6 Å². The molecule has 1 aromatic heterocycles. The van der Waals surface area contributed by atoms with E-state index in [4.69, 9.17) is 14.7 Å². The van der Waals surface area contributed by atoms with Crippen molar-refractivity contribution in [3.8, 4) is 5.75 Å². The summed E-state index contributed by atoms with van der Waals surface area (Å²) in [6, 6.07) is 11.4. The number of sulfone groups is 1. The first-order valence-electron chi connectivity index (χ1n) is 14.5. The first kappa shape index (κ1) is 29.2. The third kappa shape index (κ3) is 6.31. The standard InChI is InChI=1S/C32H41N5O3S/c1-20(2)40-29-16-25(23-10-9-13-37(6)19-23)22(5)14-24(29)15-31-34-28-18-33-17-26(28)32(36-31)35-27-11-7-8-12-30(27)41(38,39)21(3)4/h7-8,11-12,14,16-17,20-21,23H,9-10,13,15,18-19H2,1-6H3,(H,34,35,36). The van der Waals surface area contributed by atoms with Gasteiger partial charge in [0.15, 0.2) is 9.84 Å². The van der Waals surface area contributed by atoms with Gasteiger partial charge in [-0.05, 0) is 96.3 Å². The minimum atomic E-state index is -3.50. The number of aliphatic imine (C=N–C) groups is 1. The maximum Gasteiger partial charge on any atom is 0.182 e. The number of benzene rings is 2. The van der Waals surface area contributed by atoms with Gasteiger partial charge in [-0.1, -0.05) is 18.2 Å². The smallest absolute Gasteiger partial charge is 0.182 e. The van der Waals surface area contributed by atoms with E-state index in [0.717, 1.165) is 35.7 Å². The largest absolute Gasteiger partial charge is 0.491 e. The first-order chi connectivity index (χ1) is 19.5. The number of piperidine rings is 1. The second-order valence-electron chi connectivity index (χ2n) is 11.8. The van der Waals surface area contributed by atoms with Crippen LogP contribution >= 0.6 is 0 Å². The fourth-order valence-corrected chi connectivity index (χ4v) is 6.92. The molecule has 3 heterocycles. The number of aryl methyl sites for hydroxylation is 1. The van der Waals surface area contributed by atoms with Crippen molar-refractivity contribution in [3.05, 3.63) is 70.2 Å². The Hall–Kier alpha value is -3.30. The molecule has 41 heavy (non-hydrogen) atoms. The Bertz CT molecular complexity index is 1570. The molecule has 9 heteroatoms. The van der Waals surface area contributed by atoms with Crippen molar-refractivity contribution < 1.29 is 13.2 Å². The summed E-state index contributed by atoms with van der Waals surface area (Å²) >= 11 is 0. The van der Waals surface area contributed by atoms with Crippen LogP contribution in [0.2, 0.25) is 0 Å². The topological polar surface area (TPSA) is 96.8 Å². The molecule has 1 N–H and O–H groups in total. The Morgan fingerprint density at radius 1 is 1.12 bits per heavy atom. The molecule has 1 saturated heterocycles. The zero-order valence-electron chi connectivity index (χ0n) is 24.9. The van der Waals surface area contributed by atoms with E-state index in [1.54, 1.807) is 38.3 Å². The summed E-state index contributed by atoms with van der Waals surface area (Å²) in [5.74, 6) is 2.56. The summed E-state index contributed by atoms with van der Waals surface area (Å²) in [5.41, 5.74) is 5.76. The monoisotopic (exact) mass is 575 g/mol. The summed E-state index contributed by atoms with van der Waals surface area (Å²) in [7, 11) is -1.31. The Morgan fingerprint density at radius 2 is 1.90 bits per heavy atom. The Labute approximate surface area is 244 Å². The summed E-state index contributed by atoms with van der Waals surface area (Å²) in [4.78, 5) is 16.9. The van der Waals surface area contributed by atoms with Crippen molar-refractivity contribution in [1.29, 1.82) is 0 Å². The number of nitrogens with zero attached hydrogens (tertiary/aromatic N) is 4. The molecule has 0 aliphatic carbocycles. The highest BCUT2D eigenvalue weighted by molar-refractivity contribution is 7.92. The van der Waals surface area contributed by atoms with Crippen LogP contribution in [0.1, 0.15) is 80.2 Å². The molecular formula is C32H41N5O3S. The lowest BCUT2D eigenvalue weighted by atomic mass is 9.86. The number of likely N-dealkylation sites (tertiary alicyclic amines) is 1. The van der Waals surface area contributed by atoms with Crippen LogP contribution in [0.4, 0.5) is 11.5 Å². The Balaban J connectivity index is 1.51. The molecule has 1 atom stereocenters. The highest BCUT2D eigenvalue weighted by Crippen LogP contribution is 2.35. The molecule has 8 nitrogen and oxygen atoms in total. The maximum absolute atomic E-state index is 13.1. The second kappa shape index (κ2) is 11.9. The van der Waals surface area contributed by atoms with E-state index in [1.807, 2.05) is 19.9 Å². The van der Waals surface area contributed by atoms with Crippen molar-refractivity contribution in [2.75, 3.05) is 25.5 Å². The normalized spacial score (nSPS) is 17.3. The van der Waals surface area contributed by atoms with Crippen molar-refractivity contribution >= 4 is 27.6 Å². The molecule has 0 bridgehead atoms. The molecule has 0 spiro atoms. The lowest BCUT2D eigenvalue weighted by Gasteiger charge is -2.31. The van der Waals surface area contributed by atoms with Gasteiger partial charge in [0.05, 0.1) is 39.7 Å². The van der Waals surface area contributed by atoms with E-state index in [1.165, 1.54) is 24.0 Å². The first-order valence-corrected chi connectivity index (χ1v) is 16.1. The number of anilines is 2. The number of aromatic nitrogens is 2. The molecule has 0 saturated carbocycles. The van der Waals surface area contributed by atoms with Gasteiger partial charge in [-0.25, -0.2) is 18.4 Å². The molecule has 2 aliphatic rings. The van der Waals surface area contributed by atoms with Gasteiger partial charge < -0.3 is 15.0 Å². The quantitative estimate of drug-likeness (QED) is 0.343. The van der Waals surface area contributed by atoms with Gasteiger partial charge in [0.1, 0.15) is 17.4 Å². The predicted octanol–water partition coefficient (Wildman–Crippen LogP) is 5.83. The van der Waals surface area contributed by atoms with Crippen LogP contribution in [0.15, 0.2) is 46.3 Å². The molecule has 2 aliphatic heterocycles. The highest BCUT2D eigenvalue weighted by Gasteiger charge is 2.26. The fourth-order valence-electron chi connectivity index (χ4n) is 5.72. The number of para-hydroxylation sites is 1. The minimum absolute atomic E-state index is 0.0318. The lowest BCUT2D eigenvalue weighted by Crippen LogP contribution is -2.31. The van der Waals surface area contributed by atoms with Crippen molar-refractivity contribution in [3.63, 3.8) is 0 Å². The number of rotatable bonds is 9. The number of hydrogen-bond donors (Lipinski definition) is 1. The van der Waals surface area contributed by atoms with Gasteiger partial charge in [-0.3, -0.25) is 4.99 Å². The van der Waals surface area contributed by atoms with Crippen molar-refractivity contribution in [1.82, 2.24) is 14.9 Å². The van der Waals surface area contributed by atoms with Crippen LogP contribution in [0.3, 0.4) is 0 Å². The van der Waals surface area contributed by atoms with Gasteiger partial charge in [-0.2, -0.15) is 0 Å². The molecule has 218 valence electrons. The van der Waals surface area contributed by atoms with E-state index in [9.17, 15) is 8.42 Å². The molecule has 1 unspecified atom stereocenters. The van der Waals surface area contributed by atoms with Crippen LogP contribution in [0.25, 0.3) is 0 Å². The van der Waals surface area contributed by atoms with Crippen LogP contribution in [0.5, 0.6) is 5.75 Å². The van der Waals surface area contributed by atoms with Gasteiger partial charge in [0.25, 0.3) is 0 Å². The van der Waals surface area contributed by atoms with Crippen LogP contribution in [0, 0.1) is 6.92 Å².